The molecule has 6 heteroatoms. The molecule has 22 heavy (non-hydrogen) atoms. The highest BCUT2D eigenvalue weighted by Crippen LogP contribution is 2.26. The molecule has 1 aliphatic rings. The van der Waals surface area contributed by atoms with Gasteiger partial charge in [-0.25, -0.2) is 0 Å². The SMILES string of the molecule is C[C@@H]1CCCC[NH+]1CC(=O)Nc1ccccc1SCC(N)=O. The van der Waals surface area contributed by atoms with Crippen molar-refractivity contribution in [3.05, 3.63) is 24.3 Å². The van der Waals surface area contributed by atoms with E-state index in [9.17, 15) is 9.59 Å². The second-order valence-corrected chi connectivity index (χ2v) is 6.80. The number of amides is 2. The minimum atomic E-state index is -0.363. The standard InChI is InChI=1S/C16H23N3O2S/c1-12-6-4-5-9-19(12)10-16(21)18-13-7-2-3-8-14(13)22-11-15(17)20/h2-3,7-8,12H,4-6,9-11H2,1H3,(H2,17,20)(H,18,21)/p+1/t12-/m1/s1. The molecule has 0 aromatic heterocycles. The molecule has 5 nitrogen and oxygen atoms in total. The quantitative estimate of drug-likeness (QED) is 0.674. The van der Waals surface area contributed by atoms with Gasteiger partial charge in [0.1, 0.15) is 0 Å². The fourth-order valence-corrected chi connectivity index (χ4v) is 3.51. The van der Waals surface area contributed by atoms with Gasteiger partial charge in [-0.2, -0.15) is 0 Å². The van der Waals surface area contributed by atoms with Crippen LogP contribution in [0.1, 0.15) is 26.2 Å². The van der Waals surface area contributed by atoms with Crippen LogP contribution in [-0.4, -0.2) is 36.7 Å². The largest absolute Gasteiger partial charge is 0.369 e. The number of quaternary nitrogens is 1. The molecular weight excluding hydrogens is 298 g/mol. The lowest BCUT2D eigenvalue weighted by atomic mass is 10.0. The minimum Gasteiger partial charge on any atom is -0.369 e. The van der Waals surface area contributed by atoms with Crippen LogP contribution in [0.3, 0.4) is 0 Å². The summed E-state index contributed by atoms with van der Waals surface area (Å²) in [7, 11) is 0. The summed E-state index contributed by atoms with van der Waals surface area (Å²) in [6.07, 6.45) is 3.64. The predicted octanol–water partition coefficient (Wildman–Crippen LogP) is 0.660. The molecule has 0 aliphatic carbocycles. The van der Waals surface area contributed by atoms with Gasteiger partial charge in [0.25, 0.3) is 5.91 Å². The molecular formula is C16H24N3O2S+. The van der Waals surface area contributed by atoms with Gasteiger partial charge in [0.05, 0.1) is 24.0 Å². The molecule has 1 aromatic carbocycles. The molecule has 0 radical (unpaired) electrons. The van der Waals surface area contributed by atoms with E-state index >= 15 is 0 Å². The summed E-state index contributed by atoms with van der Waals surface area (Å²) >= 11 is 1.35. The van der Waals surface area contributed by atoms with Crippen LogP contribution in [0.4, 0.5) is 5.69 Å². The monoisotopic (exact) mass is 322 g/mol. The summed E-state index contributed by atoms with van der Waals surface area (Å²) in [4.78, 5) is 25.4. The second kappa shape index (κ2) is 8.19. The summed E-state index contributed by atoms with van der Waals surface area (Å²) in [5.74, 6) is -0.130. The third kappa shape index (κ3) is 5.03. The number of carbonyl (C=O) groups is 2. The average Bonchev–Trinajstić information content (AvgIpc) is 2.48. The first-order valence-electron chi connectivity index (χ1n) is 7.71. The zero-order valence-corrected chi connectivity index (χ0v) is 13.7. The molecule has 1 saturated heterocycles. The maximum Gasteiger partial charge on any atom is 0.279 e. The predicted molar refractivity (Wildman–Crippen MR) is 89.0 cm³/mol. The number of likely N-dealkylation sites (tertiary alicyclic amines) is 1. The van der Waals surface area contributed by atoms with Gasteiger partial charge in [0, 0.05) is 4.90 Å². The number of benzene rings is 1. The maximum atomic E-state index is 12.3. The van der Waals surface area contributed by atoms with Crippen molar-refractivity contribution in [3.63, 3.8) is 0 Å². The van der Waals surface area contributed by atoms with Crippen molar-refractivity contribution in [2.75, 3.05) is 24.2 Å². The molecule has 1 aliphatic heterocycles. The van der Waals surface area contributed by atoms with Crippen LogP contribution in [-0.2, 0) is 9.59 Å². The molecule has 2 amide bonds. The molecule has 0 saturated carbocycles. The average molecular weight is 322 g/mol. The van der Waals surface area contributed by atoms with Gasteiger partial charge in [-0.3, -0.25) is 9.59 Å². The molecule has 0 spiro atoms. The summed E-state index contributed by atoms with van der Waals surface area (Å²) < 4.78 is 0. The first-order valence-corrected chi connectivity index (χ1v) is 8.69. The van der Waals surface area contributed by atoms with Gasteiger partial charge in [-0.1, -0.05) is 12.1 Å². The first kappa shape index (κ1) is 16.8. The summed E-state index contributed by atoms with van der Waals surface area (Å²) in [5, 5.41) is 2.97. The highest BCUT2D eigenvalue weighted by molar-refractivity contribution is 8.00. The number of hydrogen-bond acceptors (Lipinski definition) is 3. The van der Waals surface area contributed by atoms with Crippen molar-refractivity contribution in [3.8, 4) is 0 Å². The normalized spacial score (nSPS) is 21.3. The Hall–Kier alpha value is -1.53. The Morgan fingerprint density at radius 1 is 1.36 bits per heavy atom. The second-order valence-electron chi connectivity index (χ2n) is 5.78. The van der Waals surface area contributed by atoms with Gasteiger partial charge in [-0.05, 0) is 38.3 Å². The fraction of sp³-hybridized carbons (Fsp3) is 0.500. The molecule has 1 unspecified atom stereocenters. The molecule has 1 aromatic rings. The maximum absolute atomic E-state index is 12.3. The van der Waals surface area contributed by atoms with Crippen LogP contribution in [0.5, 0.6) is 0 Å². The lowest BCUT2D eigenvalue weighted by molar-refractivity contribution is -0.920. The van der Waals surface area contributed by atoms with E-state index in [0.717, 1.165) is 17.1 Å². The summed E-state index contributed by atoms with van der Waals surface area (Å²) in [6.45, 7) is 3.76. The van der Waals surface area contributed by atoms with E-state index in [1.165, 1.54) is 35.9 Å². The Morgan fingerprint density at radius 3 is 2.86 bits per heavy atom. The van der Waals surface area contributed by atoms with Crippen molar-refractivity contribution in [2.24, 2.45) is 5.73 Å². The molecule has 1 fully saturated rings. The van der Waals surface area contributed by atoms with E-state index in [4.69, 9.17) is 5.73 Å². The van der Waals surface area contributed by atoms with Gasteiger partial charge in [0.15, 0.2) is 6.54 Å². The lowest BCUT2D eigenvalue weighted by Crippen LogP contribution is -3.17. The summed E-state index contributed by atoms with van der Waals surface area (Å²) in [6, 6.07) is 8.05. The van der Waals surface area contributed by atoms with Crippen LogP contribution >= 0.6 is 11.8 Å². The number of rotatable bonds is 6. The van der Waals surface area contributed by atoms with Gasteiger partial charge in [-0.15, -0.1) is 11.8 Å². The van der Waals surface area contributed by atoms with Crippen molar-refractivity contribution >= 4 is 29.3 Å². The van der Waals surface area contributed by atoms with Crippen LogP contribution in [0, 0.1) is 0 Å². The lowest BCUT2D eigenvalue weighted by Gasteiger charge is -2.29. The molecule has 4 N–H and O–H groups in total. The van der Waals surface area contributed by atoms with Crippen LogP contribution in [0.15, 0.2) is 29.2 Å². The van der Waals surface area contributed by atoms with E-state index in [1.807, 2.05) is 24.3 Å². The number of nitrogens with one attached hydrogen (secondary N) is 2. The van der Waals surface area contributed by atoms with Gasteiger partial charge in [0.2, 0.25) is 5.91 Å². The number of anilines is 1. The number of hydrogen-bond donors (Lipinski definition) is 3. The van der Waals surface area contributed by atoms with E-state index in [2.05, 4.69) is 12.2 Å². The number of piperidine rings is 1. The third-order valence-electron chi connectivity index (χ3n) is 4.00. The Kier molecular flexibility index (Phi) is 6.27. The summed E-state index contributed by atoms with van der Waals surface area (Å²) in [5.41, 5.74) is 5.93. The fourth-order valence-electron chi connectivity index (χ4n) is 2.76. The Balaban J connectivity index is 1.94. The van der Waals surface area contributed by atoms with E-state index in [1.54, 1.807) is 0 Å². The van der Waals surface area contributed by atoms with Crippen molar-refractivity contribution in [1.29, 1.82) is 0 Å². The number of para-hydroxylation sites is 1. The third-order valence-corrected chi connectivity index (χ3v) is 5.10. The van der Waals surface area contributed by atoms with Gasteiger partial charge >= 0.3 is 0 Å². The van der Waals surface area contributed by atoms with Crippen LogP contribution in [0.25, 0.3) is 0 Å². The minimum absolute atomic E-state index is 0.0240. The van der Waals surface area contributed by atoms with E-state index in [0.29, 0.717) is 12.6 Å². The molecule has 1 heterocycles. The zero-order chi connectivity index (χ0) is 15.9. The van der Waals surface area contributed by atoms with E-state index in [-0.39, 0.29) is 17.6 Å². The Bertz CT molecular complexity index is 536. The number of thioether (sulfide) groups is 1. The number of primary amides is 1. The highest BCUT2D eigenvalue weighted by atomic mass is 32.2. The molecule has 2 rings (SSSR count). The number of carbonyl (C=O) groups excluding carboxylic acids is 2. The molecule has 120 valence electrons. The smallest absolute Gasteiger partial charge is 0.279 e. The Labute approximate surface area is 135 Å². The van der Waals surface area contributed by atoms with Crippen molar-refractivity contribution in [1.82, 2.24) is 0 Å². The van der Waals surface area contributed by atoms with E-state index < -0.39 is 0 Å². The van der Waals surface area contributed by atoms with Gasteiger partial charge < -0.3 is 16.0 Å². The zero-order valence-electron chi connectivity index (χ0n) is 12.9. The number of nitrogens with two attached hydrogens (primary N) is 1. The van der Waals surface area contributed by atoms with Crippen LogP contribution < -0.4 is 16.0 Å². The van der Waals surface area contributed by atoms with Crippen molar-refractivity contribution in [2.45, 2.75) is 37.1 Å². The Morgan fingerprint density at radius 2 is 2.14 bits per heavy atom. The highest BCUT2D eigenvalue weighted by Gasteiger charge is 2.24. The first-order chi connectivity index (χ1) is 10.6. The topological polar surface area (TPSA) is 76.6 Å². The van der Waals surface area contributed by atoms with Crippen LogP contribution in [0.2, 0.25) is 0 Å². The van der Waals surface area contributed by atoms with Crippen molar-refractivity contribution < 1.29 is 14.5 Å². The molecule has 0 bridgehead atoms. The molecule has 2 atom stereocenters.